The van der Waals surface area contributed by atoms with E-state index in [0.29, 0.717) is 5.56 Å². The number of aliphatic hydroxyl groups is 1. The molecule has 0 fully saturated rings. The smallest absolute Gasteiger partial charge is 0.252 e. The number of fused-ring (bicyclic) bond motifs is 1. The number of thioether (sulfide) groups is 1. The Hall–Kier alpha value is -2.44. The summed E-state index contributed by atoms with van der Waals surface area (Å²) in [6, 6.07) is 12.9. The van der Waals surface area contributed by atoms with Crippen molar-refractivity contribution in [1.82, 2.24) is 15.3 Å². The van der Waals surface area contributed by atoms with Gasteiger partial charge in [0, 0.05) is 23.3 Å². The molecule has 0 aliphatic heterocycles. The highest BCUT2D eigenvalue weighted by Gasteiger charge is 2.17. The quantitative estimate of drug-likeness (QED) is 0.671. The van der Waals surface area contributed by atoms with Gasteiger partial charge in [0.05, 0.1) is 29.4 Å². The summed E-state index contributed by atoms with van der Waals surface area (Å²) in [4.78, 5) is 21.6. The van der Waals surface area contributed by atoms with Gasteiger partial charge in [-0.1, -0.05) is 18.2 Å². The maximum atomic E-state index is 12.9. The molecule has 0 aliphatic carbocycles. The average Bonchev–Trinajstić information content (AvgIpc) is 2.70. The van der Waals surface area contributed by atoms with Gasteiger partial charge in [-0.2, -0.15) is 11.8 Å². The van der Waals surface area contributed by atoms with Crippen molar-refractivity contribution in [1.29, 1.82) is 0 Å². The number of rotatable bonds is 7. The van der Waals surface area contributed by atoms with Crippen LogP contribution >= 0.6 is 11.8 Å². The largest absolute Gasteiger partial charge is 0.394 e. The van der Waals surface area contributed by atoms with Gasteiger partial charge in [-0.25, -0.2) is 4.98 Å². The summed E-state index contributed by atoms with van der Waals surface area (Å²) in [5.41, 5.74) is 2.95. The van der Waals surface area contributed by atoms with Crippen LogP contribution in [-0.4, -0.2) is 45.6 Å². The van der Waals surface area contributed by atoms with Gasteiger partial charge in [-0.3, -0.25) is 9.78 Å². The van der Waals surface area contributed by atoms with Gasteiger partial charge in [0.1, 0.15) is 0 Å². The number of nitrogens with zero attached hydrogens (tertiary/aromatic N) is 2. The van der Waals surface area contributed by atoms with Crippen molar-refractivity contribution in [3.63, 3.8) is 0 Å². The van der Waals surface area contributed by atoms with Crippen molar-refractivity contribution < 1.29 is 9.90 Å². The second-order valence-electron chi connectivity index (χ2n) is 5.94. The first-order valence-corrected chi connectivity index (χ1v) is 9.83. The van der Waals surface area contributed by atoms with Crippen LogP contribution in [-0.2, 0) is 0 Å². The lowest BCUT2D eigenvalue weighted by atomic mass is 10.0. The normalized spacial score (nSPS) is 12.1. The molecule has 0 radical (unpaired) electrons. The topological polar surface area (TPSA) is 75.1 Å². The molecule has 0 unspecified atom stereocenters. The van der Waals surface area contributed by atoms with Crippen molar-refractivity contribution >= 4 is 28.6 Å². The van der Waals surface area contributed by atoms with Crippen LogP contribution in [0.15, 0.2) is 54.9 Å². The molecule has 1 amide bonds. The van der Waals surface area contributed by atoms with E-state index in [9.17, 15) is 9.90 Å². The number of benzene rings is 1. The number of hydrogen-bond donors (Lipinski definition) is 2. The lowest BCUT2D eigenvalue weighted by molar-refractivity contribution is 0.0917. The van der Waals surface area contributed by atoms with Crippen molar-refractivity contribution in [2.24, 2.45) is 0 Å². The van der Waals surface area contributed by atoms with E-state index in [4.69, 9.17) is 0 Å². The van der Waals surface area contributed by atoms with Gasteiger partial charge in [0.2, 0.25) is 0 Å². The Balaban J connectivity index is 1.99. The highest BCUT2D eigenvalue weighted by molar-refractivity contribution is 7.98. The lowest BCUT2D eigenvalue weighted by Crippen LogP contribution is -2.38. The van der Waals surface area contributed by atoms with E-state index in [0.717, 1.165) is 34.3 Å². The van der Waals surface area contributed by atoms with E-state index in [2.05, 4.69) is 15.3 Å². The first-order chi connectivity index (χ1) is 12.7. The zero-order valence-electron chi connectivity index (χ0n) is 14.6. The number of nitrogens with one attached hydrogen (secondary N) is 1. The lowest BCUT2D eigenvalue weighted by Gasteiger charge is -2.17. The second-order valence-corrected chi connectivity index (χ2v) is 6.93. The Morgan fingerprint density at radius 2 is 2.00 bits per heavy atom. The third-order valence-corrected chi connectivity index (χ3v) is 4.81. The van der Waals surface area contributed by atoms with Crippen LogP contribution < -0.4 is 5.32 Å². The average molecular weight is 367 g/mol. The van der Waals surface area contributed by atoms with Gasteiger partial charge in [-0.05, 0) is 42.7 Å². The number of aromatic nitrogens is 2. The Morgan fingerprint density at radius 3 is 2.73 bits per heavy atom. The Morgan fingerprint density at radius 1 is 1.23 bits per heavy atom. The van der Waals surface area contributed by atoms with E-state index in [-0.39, 0.29) is 18.6 Å². The molecular weight excluding hydrogens is 346 g/mol. The molecule has 0 saturated heterocycles. The van der Waals surface area contributed by atoms with Crippen LogP contribution in [0.25, 0.3) is 22.2 Å². The molecule has 5 nitrogen and oxygen atoms in total. The van der Waals surface area contributed by atoms with E-state index >= 15 is 0 Å². The van der Waals surface area contributed by atoms with Crippen LogP contribution in [0, 0.1) is 0 Å². The molecule has 1 atom stereocenters. The number of aliphatic hydroxyl groups excluding tert-OH is 1. The molecule has 26 heavy (non-hydrogen) atoms. The van der Waals surface area contributed by atoms with Crippen LogP contribution in [0.5, 0.6) is 0 Å². The monoisotopic (exact) mass is 367 g/mol. The van der Waals surface area contributed by atoms with Gasteiger partial charge < -0.3 is 10.4 Å². The van der Waals surface area contributed by atoms with Crippen molar-refractivity contribution in [3.05, 3.63) is 60.4 Å². The Labute approximate surface area is 156 Å². The van der Waals surface area contributed by atoms with E-state index in [1.54, 1.807) is 30.2 Å². The highest BCUT2D eigenvalue weighted by atomic mass is 32.2. The van der Waals surface area contributed by atoms with E-state index < -0.39 is 0 Å². The molecule has 1 aromatic carbocycles. The van der Waals surface area contributed by atoms with Crippen molar-refractivity contribution in [3.8, 4) is 11.3 Å². The highest BCUT2D eigenvalue weighted by Crippen LogP contribution is 2.24. The number of hydrogen-bond acceptors (Lipinski definition) is 5. The fourth-order valence-electron chi connectivity index (χ4n) is 2.77. The maximum Gasteiger partial charge on any atom is 0.252 e. The molecule has 0 saturated carbocycles. The Kier molecular flexibility index (Phi) is 6.20. The first kappa shape index (κ1) is 18.4. The maximum absolute atomic E-state index is 12.9. The summed E-state index contributed by atoms with van der Waals surface area (Å²) in [6.07, 6.45) is 6.14. The second kappa shape index (κ2) is 8.78. The minimum atomic E-state index is -0.258. The van der Waals surface area contributed by atoms with Gasteiger partial charge in [-0.15, -0.1) is 0 Å². The Bertz CT molecular complexity index is 887. The summed E-state index contributed by atoms with van der Waals surface area (Å²) < 4.78 is 0. The molecule has 6 heteroatoms. The molecule has 0 aliphatic rings. The summed E-state index contributed by atoms with van der Waals surface area (Å²) in [5.74, 6) is 0.685. The van der Waals surface area contributed by atoms with Crippen molar-refractivity contribution in [2.75, 3.05) is 18.6 Å². The fourth-order valence-corrected chi connectivity index (χ4v) is 3.29. The molecule has 2 N–H and O–H groups in total. The molecule has 0 spiro atoms. The number of pyridine rings is 2. The first-order valence-electron chi connectivity index (χ1n) is 8.43. The minimum absolute atomic E-state index is 0.0769. The van der Waals surface area contributed by atoms with Gasteiger partial charge >= 0.3 is 0 Å². The fraction of sp³-hybridized carbons (Fsp3) is 0.250. The van der Waals surface area contributed by atoms with Crippen LogP contribution in [0.3, 0.4) is 0 Å². The predicted molar refractivity (Wildman–Crippen MR) is 106 cm³/mol. The summed E-state index contributed by atoms with van der Waals surface area (Å²) in [7, 11) is 0. The third-order valence-electron chi connectivity index (χ3n) is 4.16. The standard InChI is InChI=1S/C20H21N3O2S/c1-26-11-8-15(13-24)22-20(25)17-12-19(14-6-9-21-10-7-14)23-18-5-3-2-4-16(17)18/h2-7,9-10,12,15,24H,8,11,13H2,1H3,(H,22,25)/t15-/m0/s1. The van der Waals surface area contributed by atoms with E-state index in [1.165, 1.54) is 0 Å². The SMILES string of the molecule is CSCC[C@@H](CO)NC(=O)c1cc(-c2ccncc2)nc2ccccc12. The summed E-state index contributed by atoms with van der Waals surface area (Å²) >= 11 is 1.69. The number of para-hydroxylation sites is 1. The molecule has 134 valence electrons. The molecule has 0 bridgehead atoms. The molecule has 3 rings (SSSR count). The molecular formula is C20H21N3O2S. The van der Waals surface area contributed by atoms with Crippen LogP contribution in [0.2, 0.25) is 0 Å². The summed E-state index contributed by atoms with van der Waals surface area (Å²) in [6.45, 7) is -0.0769. The number of carbonyl (C=O) groups is 1. The minimum Gasteiger partial charge on any atom is -0.394 e. The zero-order valence-corrected chi connectivity index (χ0v) is 15.4. The number of carbonyl (C=O) groups excluding carboxylic acids is 1. The third kappa shape index (κ3) is 4.20. The van der Waals surface area contributed by atoms with Crippen LogP contribution in [0.1, 0.15) is 16.8 Å². The van der Waals surface area contributed by atoms with E-state index in [1.807, 2.05) is 42.7 Å². The van der Waals surface area contributed by atoms with Gasteiger partial charge in [0.25, 0.3) is 5.91 Å². The van der Waals surface area contributed by atoms with Crippen LogP contribution in [0.4, 0.5) is 0 Å². The predicted octanol–water partition coefficient (Wildman–Crippen LogP) is 3.14. The molecule has 3 aromatic rings. The molecule has 2 aromatic heterocycles. The number of amides is 1. The summed E-state index contributed by atoms with van der Waals surface area (Å²) in [5, 5.41) is 13.3. The van der Waals surface area contributed by atoms with Crippen molar-refractivity contribution in [2.45, 2.75) is 12.5 Å². The zero-order chi connectivity index (χ0) is 18.4. The molecule has 2 heterocycles. The van der Waals surface area contributed by atoms with Gasteiger partial charge in [0.15, 0.2) is 0 Å².